The van der Waals surface area contributed by atoms with Crippen molar-refractivity contribution in [3.8, 4) is 0 Å². The van der Waals surface area contributed by atoms with Crippen LogP contribution in [0.4, 0.5) is 10.5 Å². The molecule has 0 unspecified atom stereocenters. The number of benzene rings is 1. The third-order valence-corrected chi connectivity index (χ3v) is 3.18. The number of carbonyl (C=O) groups is 1. The standard InChI is InChI=1S/C13H16N2O2S/c1-13(2,3)17-12(16)15(4)9-5-6-11-10(7-9)14-8-18-11/h5-8H,1-4H3. The van der Waals surface area contributed by atoms with E-state index in [2.05, 4.69) is 4.98 Å². The van der Waals surface area contributed by atoms with Crippen LogP contribution >= 0.6 is 11.3 Å². The highest BCUT2D eigenvalue weighted by Gasteiger charge is 2.20. The van der Waals surface area contributed by atoms with Crippen LogP contribution in [0.25, 0.3) is 10.2 Å². The van der Waals surface area contributed by atoms with Crippen LogP contribution in [0.5, 0.6) is 0 Å². The van der Waals surface area contributed by atoms with Crippen molar-refractivity contribution < 1.29 is 9.53 Å². The number of carbonyl (C=O) groups excluding carboxylic acids is 1. The third kappa shape index (κ3) is 2.79. The fourth-order valence-electron chi connectivity index (χ4n) is 1.49. The molecule has 0 fully saturated rings. The first-order chi connectivity index (χ1) is 8.37. The van der Waals surface area contributed by atoms with Crippen LogP contribution in [0.15, 0.2) is 23.7 Å². The molecule has 0 saturated heterocycles. The fourth-order valence-corrected chi connectivity index (χ4v) is 2.15. The van der Waals surface area contributed by atoms with Crippen molar-refractivity contribution in [2.45, 2.75) is 26.4 Å². The monoisotopic (exact) mass is 264 g/mol. The van der Waals surface area contributed by atoms with Gasteiger partial charge in [-0.3, -0.25) is 4.90 Å². The summed E-state index contributed by atoms with van der Waals surface area (Å²) in [4.78, 5) is 17.6. The molecule has 0 atom stereocenters. The van der Waals surface area contributed by atoms with Gasteiger partial charge in [-0.15, -0.1) is 11.3 Å². The van der Waals surface area contributed by atoms with Crippen molar-refractivity contribution in [2.75, 3.05) is 11.9 Å². The van der Waals surface area contributed by atoms with E-state index in [-0.39, 0.29) is 6.09 Å². The molecule has 0 aliphatic carbocycles. The number of hydrogen-bond acceptors (Lipinski definition) is 4. The second-order valence-electron chi connectivity index (χ2n) is 5.04. The first-order valence-electron chi connectivity index (χ1n) is 5.67. The number of amides is 1. The quantitative estimate of drug-likeness (QED) is 0.789. The smallest absolute Gasteiger partial charge is 0.414 e. The number of fused-ring (bicyclic) bond motifs is 1. The lowest BCUT2D eigenvalue weighted by molar-refractivity contribution is 0.0589. The van der Waals surface area contributed by atoms with E-state index in [1.165, 1.54) is 4.90 Å². The normalized spacial score (nSPS) is 11.6. The molecule has 0 N–H and O–H groups in total. The second kappa shape index (κ2) is 4.57. The van der Waals surface area contributed by atoms with Crippen molar-refractivity contribution >= 4 is 33.3 Å². The zero-order valence-electron chi connectivity index (χ0n) is 10.9. The summed E-state index contributed by atoms with van der Waals surface area (Å²) in [6, 6.07) is 5.74. The molecule has 0 aliphatic rings. The van der Waals surface area contributed by atoms with E-state index in [0.717, 1.165) is 15.9 Å². The summed E-state index contributed by atoms with van der Waals surface area (Å²) in [6.45, 7) is 5.55. The fraction of sp³-hybridized carbons (Fsp3) is 0.385. The lowest BCUT2D eigenvalue weighted by atomic mass is 10.2. The summed E-state index contributed by atoms with van der Waals surface area (Å²) in [5, 5.41) is 0. The summed E-state index contributed by atoms with van der Waals surface area (Å²) in [5.74, 6) is 0. The van der Waals surface area contributed by atoms with E-state index in [1.54, 1.807) is 23.9 Å². The van der Waals surface area contributed by atoms with E-state index >= 15 is 0 Å². The van der Waals surface area contributed by atoms with Gasteiger partial charge < -0.3 is 4.74 Å². The molecule has 18 heavy (non-hydrogen) atoms. The van der Waals surface area contributed by atoms with Gasteiger partial charge >= 0.3 is 6.09 Å². The topological polar surface area (TPSA) is 42.4 Å². The third-order valence-electron chi connectivity index (χ3n) is 2.37. The molecule has 2 rings (SSSR count). The number of aromatic nitrogens is 1. The Morgan fingerprint density at radius 2 is 2.11 bits per heavy atom. The average molecular weight is 264 g/mol. The van der Waals surface area contributed by atoms with Crippen molar-refractivity contribution in [3.05, 3.63) is 23.7 Å². The molecule has 1 heterocycles. The van der Waals surface area contributed by atoms with E-state index in [4.69, 9.17) is 4.74 Å². The SMILES string of the molecule is CN(C(=O)OC(C)(C)C)c1ccc2scnc2c1. The van der Waals surface area contributed by atoms with Crippen LogP contribution in [-0.4, -0.2) is 23.7 Å². The molecule has 1 aromatic carbocycles. The Balaban J connectivity index is 2.22. The Bertz CT molecular complexity index is 572. The van der Waals surface area contributed by atoms with Crippen LogP contribution < -0.4 is 4.90 Å². The first kappa shape index (κ1) is 12.8. The van der Waals surface area contributed by atoms with Crippen LogP contribution in [-0.2, 0) is 4.74 Å². The number of hydrogen-bond donors (Lipinski definition) is 0. The van der Waals surface area contributed by atoms with Gasteiger partial charge in [0, 0.05) is 12.7 Å². The molecular weight excluding hydrogens is 248 g/mol. The van der Waals surface area contributed by atoms with Crippen molar-refractivity contribution in [1.82, 2.24) is 4.98 Å². The van der Waals surface area contributed by atoms with Gasteiger partial charge in [-0.1, -0.05) is 0 Å². The van der Waals surface area contributed by atoms with Crippen LogP contribution in [0.2, 0.25) is 0 Å². The lowest BCUT2D eigenvalue weighted by Gasteiger charge is -2.24. The zero-order chi connectivity index (χ0) is 13.3. The maximum atomic E-state index is 11.9. The molecule has 1 aromatic heterocycles. The van der Waals surface area contributed by atoms with Crippen molar-refractivity contribution in [2.24, 2.45) is 0 Å². The molecule has 5 heteroatoms. The molecule has 0 bridgehead atoms. The van der Waals surface area contributed by atoms with E-state index in [1.807, 2.05) is 39.0 Å². The molecule has 0 aliphatic heterocycles. The average Bonchev–Trinajstić information content (AvgIpc) is 2.72. The Morgan fingerprint density at radius 1 is 1.39 bits per heavy atom. The molecule has 4 nitrogen and oxygen atoms in total. The highest BCUT2D eigenvalue weighted by Crippen LogP contribution is 2.24. The number of nitrogens with zero attached hydrogens (tertiary/aromatic N) is 2. The minimum absolute atomic E-state index is 0.364. The Morgan fingerprint density at radius 3 is 2.78 bits per heavy atom. The molecular formula is C13H16N2O2S. The molecule has 96 valence electrons. The maximum Gasteiger partial charge on any atom is 0.414 e. The summed E-state index contributed by atoms with van der Waals surface area (Å²) < 4.78 is 6.42. The summed E-state index contributed by atoms with van der Waals surface area (Å²) in [6.07, 6.45) is -0.364. The van der Waals surface area contributed by atoms with Crippen LogP contribution in [0.3, 0.4) is 0 Å². The van der Waals surface area contributed by atoms with Gasteiger partial charge in [0.05, 0.1) is 15.7 Å². The van der Waals surface area contributed by atoms with Gasteiger partial charge in [0.1, 0.15) is 5.60 Å². The van der Waals surface area contributed by atoms with Crippen molar-refractivity contribution in [3.63, 3.8) is 0 Å². The predicted molar refractivity (Wildman–Crippen MR) is 74.3 cm³/mol. The molecule has 1 amide bonds. The van der Waals surface area contributed by atoms with Gasteiger partial charge in [-0.05, 0) is 39.0 Å². The van der Waals surface area contributed by atoms with Crippen molar-refractivity contribution in [1.29, 1.82) is 0 Å². The number of rotatable bonds is 1. The van der Waals surface area contributed by atoms with Gasteiger partial charge in [0.2, 0.25) is 0 Å². The highest BCUT2D eigenvalue weighted by atomic mass is 32.1. The van der Waals surface area contributed by atoms with Gasteiger partial charge in [-0.2, -0.15) is 0 Å². The number of thiazole rings is 1. The zero-order valence-corrected chi connectivity index (χ0v) is 11.7. The number of anilines is 1. The molecule has 0 radical (unpaired) electrons. The van der Waals surface area contributed by atoms with E-state index in [0.29, 0.717) is 0 Å². The second-order valence-corrected chi connectivity index (χ2v) is 5.93. The van der Waals surface area contributed by atoms with E-state index < -0.39 is 5.60 Å². The lowest BCUT2D eigenvalue weighted by Crippen LogP contribution is -2.34. The largest absolute Gasteiger partial charge is 0.443 e. The molecule has 0 saturated carbocycles. The molecule has 0 spiro atoms. The van der Waals surface area contributed by atoms with Gasteiger partial charge in [0.25, 0.3) is 0 Å². The van der Waals surface area contributed by atoms with Gasteiger partial charge in [0.15, 0.2) is 0 Å². The first-order valence-corrected chi connectivity index (χ1v) is 6.55. The minimum Gasteiger partial charge on any atom is -0.443 e. The summed E-state index contributed by atoms with van der Waals surface area (Å²) >= 11 is 1.58. The Hall–Kier alpha value is -1.62. The Labute approximate surface area is 110 Å². The highest BCUT2D eigenvalue weighted by molar-refractivity contribution is 7.16. The summed E-state index contributed by atoms with van der Waals surface area (Å²) in [7, 11) is 1.70. The summed E-state index contributed by atoms with van der Waals surface area (Å²) in [5.41, 5.74) is 2.98. The van der Waals surface area contributed by atoms with E-state index in [9.17, 15) is 4.79 Å². The maximum absolute atomic E-state index is 11.9. The predicted octanol–water partition coefficient (Wildman–Crippen LogP) is 3.67. The molecule has 2 aromatic rings. The minimum atomic E-state index is -0.490. The van der Waals surface area contributed by atoms with Gasteiger partial charge in [-0.25, -0.2) is 9.78 Å². The Kier molecular flexibility index (Phi) is 3.26. The number of ether oxygens (including phenoxy) is 1. The van der Waals surface area contributed by atoms with Crippen LogP contribution in [0, 0.1) is 0 Å². The van der Waals surface area contributed by atoms with Crippen LogP contribution in [0.1, 0.15) is 20.8 Å².